The van der Waals surface area contributed by atoms with E-state index in [1.807, 2.05) is 11.3 Å². The van der Waals surface area contributed by atoms with Gasteiger partial charge in [0.1, 0.15) is 11.5 Å². The van der Waals surface area contributed by atoms with E-state index in [0.29, 0.717) is 11.8 Å². The monoisotopic (exact) mass is 832 g/mol. The molecule has 2 saturated carbocycles. The Bertz CT molecular complexity index is 3210. The van der Waals surface area contributed by atoms with Crippen LogP contribution in [0.2, 0.25) is 0 Å². The van der Waals surface area contributed by atoms with Crippen LogP contribution in [0.3, 0.4) is 0 Å². The Labute approximate surface area is 363 Å². The fourth-order valence-electron chi connectivity index (χ4n) is 11.6. The van der Waals surface area contributed by atoms with E-state index in [9.17, 15) is 0 Å². The van der Waals surface area contributed by atoms with Gasteiger partial charge in [-0.3, -0.25) is 8.80 Å². The lowest BCUT2D eigenvalue weighted by Crippen LogP contribution is -2.39. The van der Waals surface area contributed by atoms with E-state index in [4.69, 9.17) is 14.7 Å². The van der Waals surface area contributed by atoms with Crippen molar-refractivity contribution < 1.29 is 4.74 Å². The summed E-state index contributed by atoms with van der Waals surface area (Å²) in [5.74, 6) is 3.03. The summed E-state index contributed by atoms with van der Waals surface area (Å²) in [5, 5.41) is 0. The van der Waals surface area contributed by atoms with Gasteiger partial charge < -0.3 is 4.74 Å². The maximum absolute atomic E-state index is 7.47. The molecule has 0 atom stereocenters. The zero-order valence-corrected chi connectivity index (χ0v) is 36.9. The molecule has 7 heteroatoms. The third kappa shape index (κ3) is 5.11. The van der Waals surface area contributed by atoms with Crippen LogP contribution in [0.1, 0.15) is 113 Å². The van der Waals surface area contributed by atoms with Gasteiger partial charge in [0.25, 0.3) is 0 Å². The van der Waals surface area contributed by atoms with Gasteiger partial charge in [-0.15, -0.1) is 0 Å². The summed E-state index contributed by atoms with van der Waals surface area (Å²) >= 11 is 3.60. The van der Waals surface area contributed by atoms with E-state index in [0.717, 1.165) is 32.5 Å². The van der Waals surface area contributed by atoms with Crippen LogP contribution in [0, 0.1) is 0 Å². The second kappa shape index (κ2) is 13.0. The first-order valence-electron chi connectivity index (χ1n) is 22.4. The highest BCUT2D eigenvalue weighted by atomic mass is 32.1. The highest BCUT2D eigenvalue weighted by Crippen LogP contribution is 2.58. The van der Waals surface area contributed by atoms with Crippen LogP contribution in [0.4, 0.5) is 0 Å². The van der Waals surface area contributed by atoms with Crippen molar-refractivity contribution in [3.8, 4) is 33.8 Å². The summed E-state index contributed by atoms with van der Waals surface area (Å²) in [4.78, 5) is 12.6. The van der Waals surface area contributed by atoms with Gasteiger partial charge in [0.2, 0.25) is 0 Å². The number of thiazole rings is 2. The largest absolute Gasteiger partial charge is 0.457 e. The Balaban J connectivity index is 1.02. The first-order valence-corrected chi connectivity index (χ1v) is 24.0. The first-order chi connectivity index (χ1) is 29.7. The minimum absolute atomic E-state index is 0.279. The molecule has 0 amide bonds. The zero-order chi connectivity index (χ0) is 40.8. The topological polar surface area (TPSA) is 43.8 Å². The number of hydrogen-bond donors (Lipinski definition) is 0. The van der Waals surface area contributed by atoms with Gasteiger partial charge >= 0.3 is 0 Å². The Morgan fingerprint density at radius 3 is 1.75 bits per heavy atom. The van der Waals surface area contributed by atoms with Gasteiger partial charge in [0, 0.05) is 33.1 Å². The van der Waals surface area contributed by atoms with Crippen molar-refractivity contribution in [3.05, 3.63) is 131 Å². The normalized spacial score (nSPS) is 17.9. The van der Waals surface area contributed by atoms with E-state index in [1.165, 1.54) is 127 Å². The van der Waals surface area contributed by atoms with Crippen molar-refractivity contribution in [1.29, 1.82) is 0 Å². The fourth-order valence-corrected chi connectivity index (χ4v) is 13.8. The molecule has 2 fully saturated rings. The summed E-state index contributed by atoms with van der Waals surface area (Å²) < 4.78 is 14.8. The molecule has 0 radical (unpaired) electrons. The van der Waals surface area contributed by atoms with Gasteiger partial charge in [-0.05, 0) is 120 Å². The molecule has 13 rings (SSSR count). The third-order valence-corrected chi connectivity index (χ3v) is 17.6. The van der Waals surface area contributed by atoms with Crippen molar-refractivity contribution in [2.45, 2.75) is 102 Å². The molecule has 0 saturated heterocycles. The number of nitrogens with zero attached hydrogens (tertiary/aromatic N) is 4. The number of ether oxygens (including phenoxy) is 1. The molecule has 0 spiro atoms. The lowest BCUT2D eigenvalue weighted by Gasteiger charge is -2.42. The van der Waals surface area contributed by atoms with Crippen LogP contribution in [0.25, 0.3) is 74.7 Å². The lowest BCUT2D eigenvalue weighted by atomic mass is 9.60. The van der Waals surface area contributed by atoms with Crippen LogP contribution < -0.4 is 4.74 Å². The Hall–Kier alpha value is -5.50. The summed E-state index contributed by atoms with van der Waals surface area (Å²) in [7, 11) is 0. The average molecular weight is 833 g/mol. The molecule has 5 nitrogen and oxygen atoms in total. The van der Waals surface area contributed by atoms with Crippen LogP contribution in [0.5, 0.6) is 11.5 Å². The Morgan fingerprint density at radius 2 is 1.07 bits per heavy atom. The standard InChI is InChI=1S/C54H48N4OS2/c1-53(2)39-27-37(33-19-13-24-44-49(33)56-52-58(44)43-23-11-12-26-48(43)60-52)35(31-15-5-6-16-31)29-46(39)59-47-30-36(32-17-7-8-18-32)38(28-40(47)54(53,3)4)34-20-14-25-45-50(34)61-51-55-41-21-9-10-22-42(41)57(45)51/h9-14,19-32H,5-8,15-18H2,1-4H3. The highest BCUT2D eigenvalue weighted by molar-refractivity contribution is 7.24. The molecule has 0 N–H and O–H groups in total. The summed E-state index contributed by atoms with van der Waals surface area (Å²) in [5.41, 5.74) is 17.0. The number of imidazole rings is 2. The number of aromatic nitrogens is 4. The van der Waals surface area contributed by atoms with Crippen molar-refractivity contribution in [3.63, 3.8) is 0 Å². The Morgan fingerprint density at radius 1 is 0.525 bits per heavy atom. The maximum atomic E-state index is 7.47. The lowest BCUT2D eigenvalue weighted by molar-refractivity contribution is 0.306. The van der Waals surface area contributed by atoms with Crippen LogP contribution >= 0.6 is 22.7 Å². The molecule has 1 aliphatic heterocycles. The molecule has 5 heterocycles. The predicted molar refractivity (Wildman–Crippen MR) is 256 cm³/mol. The molecule has 0 unspecified atom stereocenters. The van der Waals surface area contributed by atoms with E-state index in [-0.39, 0.29) is 10.8 Å². The highest BCUT2D eigenvalue weighted by Gasteiger charge is 2.47. The zero-order valence-electron chi connectivity index (χ0n) is 35.2. The van der Waals surface area contributed by atoms with Gasteiger partial charge in [0.05, 0.1) is 42.5 Å². The number of fused-ring (bicyclic) bond motifs is 12. The minimum atomic E-state index is -0.282. The fraction of sp³-hybridized carbons (Fsp3) is 0.296. The SMILES string of the molecule is CC1(C)c2cc(-c3cccc4c3nc3sc5ccccc5n34)c(C3CCCC3)cc2Oc2cc(C3CCCC3)c(-c3cccc4c3sc3nc5ccccc5n34)cc2C1(C)C. The van der Waals surface area contributed by atoms with Crippen molar-refractivity contribution in [2.75, 3.05) is 0 Å². The quantitative estimate of drug-likeness (QED) is 0.177. The van der Waals surface area contributed by atoms with E-state index in [1.54, 1.807) is 11.3 Å². The summed E-state index contributed by atoms with van der Waals surface area (Å²) in [6, 6.07) is 40.9. The van der Waals surface area contributed by atoms with Gasteiger partial charge in [0.15, 0.2) is 9.92 Å². The number of rotatable bonds is 4. The molecule has 302 valence electrons. The molecule has 2 aliphatic carbocycles. The second-order valence-electron chi connectivity index (χ2n) is 19.1. The predicted octanol–water partition coefficient (Wildman–Crippen LogP) is 15.7. The van der Waals surface area contributed by atoms with E-state index < -0.39 is 0 Å². The second-order valence-corrected chi connectivity index (χ2v) is 21.1. The number of benzene rings is 6. The number of para-hydroxylation sites is 4. The molecule has 10 aromatic rings. The third-order valence-electron chi connectivity index (χ3n) is 15.5. The minimum Gasteiger partial charge on any atom is -0.457 e. The van der Waals surface area contributed by atoms with E-state index in [2.05, 4.69) is 146 Å². The van der Waals surface area contributed by atoms with Crippen molar-refractivity contribution >= 4 is 75.1 Å². The van der Waals surface area contributed by atoms with E-state index >= 15 is 0 Å². The molecule has 0 bridgehead atoms. The number of hydrogen-bond acceptors (Lipinski definition) is 5. The van der Waals surface area contributed by atoms with Crippen LogP contribution in [-0.4, -0.2) is 18.8 Å². The molecule has 61 heavy (non-hydrogen) atoms. The van der Waals surface area contributed by atoms with Gasteiger partial charge in [-0.1, -0.05) is 125 Å². The molecular formula is C54H48N4OS2. The summed E-state index contributed by atoms with van der Waals surface area (Å²) in [6.45, 7) is 9.81. The van der Waals surface area contributed by atoms with Gasteiger partial charge in [-0.25, -0.2) is 9.97 Å². The van der Waals surface area contributed by atoms with Crippen LogP contribution in [0.15, 0.2) is 109 Å². The Kier molecular flexibility index (Phi) is 7.72. The molecule has 6 aromatic carbocycles. The maximum Gasteiger partial charge on any atom is 0.195 e. The van der Waals surface area contributed by atoms with Crippen molar-refractivity contribution in [2.24, 2.45) is 0 Å². The molecule has 3 aliphatic rings. The van der Waals surface area contributed by atoms with Crippen LogP contribution in [-0.2, 0) is 10.8 Å². The smallest absolute Gasteiger partial charge is 0.195 e. The molecule has 4 aromatic heterocycles. The average Bonchev–Trinajstić information content (AvgIpc) is 4.13. The summed E-state index contributed by atoms with van der Waals surface area (Å²) in [6.07, 6.45) is 9.94. The van der Waals surface area contributed by atoms with Gasteiger partial charge in [-0.2, -0.15) is 0 Å². The van der Waals surface area contributed by atoms with Crippen molar-refractivity contribution in [1.82, 2.24) is 18.8 Å². The first kappa shape index (κ1) is 36.2. The molecular weight excluding hydrogens is 785 g/mol.